The van der Waals surface area contributed by atoms with Crippen molar-refractivity contribution in [3.05, 3.63) is 18.2 Å². The van der Waals surface area contributed by atoms with E-state index in [1.165, 1.54) is 25.5 Å². The van der Waals surface area contributed by atoms with E-state index < -0.39 is 5.97 Å². The number of carboxylic acids is 1. The SMILES string of the molecule is CCCCCCC(C)(CCCC)n1cncc1C(=O)O. The first-order chi connectivity index (χ1) is 9.55. The van der Waals surface area contributed by atoms with Gasteiger partial charge in [0.25, 0.3) is 0 Å². The number of rotatable bonds is 10. The van der Waals surface area contributed by atoms with Crippen LogP contribution in [-0.2, 0) is 5.54 Å². The lowest BCUT2D eigenvalue weighted by Gasteiger charge is -2.32. The molecule has 0 bridgehead atoms. The summed E-state index contributed by atoms with van der Waals surface area (Å²) in [5.41, 5.74) is 0.174. The summed E-state index contributed by atoms with van der Waals surface area (Å²) in [4.78, 5) is 15.4. The summed E-state index contributed by atoms with van der Waals surface area (Å²) in [6, 6.07) is 0. The molecule has 0 aromatic carbocycles. The topological polar surface area (TPSA) is 55.1 Å². The molecule has 4 heteroatoms. The Morgan fingerprint density at radius 2 is 1.85 bits per heavy atom. The maximum absolute atomic E-state index is 11.3. The molecule has 0 amide bonds. The molecule has 0 aliphatic carbocycles. The minimum absolute atomic E-state index is 0.131. The Labute approximate surface area is 122 Å². The van der Waals surface area contributed by atoms with Crippen molar-refractivity contribution >= 4 is 5.97 Å². The molecule has 1 rings (SSSR count). The number of hydrogen-bond acceptors (Lipinski definition) is 2. The molecule has 1 aromatic rings. The van der Waals surface area contributed by atoms with Crippen molar-refractivity contribution in [2.45, 2.75) is 77.7 Å². The Bertz CT molecular complexity index is 414. The van der Waals surface area contributed by atoms with Crippen LogP contribution in [0.2, 0.25) is 0 Å². The highest BCUT2D eigenvalue weighted by molar-refractivity contribution is 5.85. The molecule has 1 heterocycles. The van der Waals surface area contributed by atoms with Gasteiger partial charge in [-0.15, -0.1) is 0 Å². The molecule has 0 aliphatic heterocycles. The number of carboxylic acid groups (broad SMARTS) is 1. The summed E-state index contributed by atoms with van der Waals surface area (Å²) in [6.45, 7) is 6.54. The lowest BCUT2D eigenvalue weighted by molar-refractivity contribution is 0.0672. The molecule has 1 N–H and O–H groups in total. The summed E-state index contributed by atoms with van der Waals surface area (Å²) in [7, 11) is 0. The van der Waals surface area contributed by atoms with Gasteiger partial charge >= 0.3 is 5.97 Å². The van der Waals surface area contributed by atoms with E-state index in [0.717, 1.165) is 32.1 Å². The summed E-state index contributed by atoms with van der Waals surface area (Å²) >= 11 is 0. The molecule has 0 saturated carbocycles. The predicted molar refractivity (Wildman–Crippen MR) is 81.1 cm³/mol. The third-order valence-electron chi connectivity index (χ3n) is 4.08. The lowest BCUT2D eigenvalue weighted by Crippen LogP contribution is -2.32. The van der Waals surface area contributed by atoms with Crippen molar-refractivity contribution in [1.82, 2.24) is 9.55 Å². The molecule has 1 aromatic heterocycles. The fraction of sp³-hybridized carbons (Fsp3) is 0.750. The number of aromatic carboxylic acids is 1. The first kappa shape index (κ1) is 16.7. The minimum atomic E-state index is -0.890. The number of unbranched alkanes of at least 4 members (excludes halogenated alkanes) is 4. The van der Waals surface area contributed by atoms with Gasteiger partial charge in [0.1, 0.15) is 5.69 Å². The largest absolute Gasteiger partial charge is 0.477 e. The Hall–Kier alpha value is -1.32. The molecule has 0 fully saturated rings. The van der Waals surface area contributed by atoms with E-state index in [0.29, 0.717) is 5.69 Å². The Morgan fingerprint density at radius 3 is 2.45 bits per heavy atom. The van der Waals surface area contributed by atoms with Crippen molar-refractivity contribution in [2.75, 3.05) is 0 Å². The highest BCUT2D eigenvalue weighted by atomic mass is 16.4. The zero-order valence-electron chi connectivity index (χ0n) is 13.1. The molecule has 114 valence electrons. The van der Waals surface area contributed by atoms with E-state index in [2.05, 4.69) is 25.8 Å². The zero-order valence-corrected chi connectivity index (χ0v) is 13.1. The highest BCUT2D eigenvalue weighted by Gasteiger charge is 2.29. The van der Waals surface area contributed by atoms with Crippen LogP contribution < -0.4 is 0 Å². The van der Waals surface area contributed by atoms with Gasteiger partial charge in [-0.25, -0.2) is 9.78 Å². The average molecular weight is 280 g/mol. The second-order valence-corrected chi connectivity index (χ2v) is 5.87. The summed E-state index contributed by atoms with van der Waals surface area (Å²) in [5, 5.41) is 9.29. The van der Waals surface area contributed by atoms with E-state index in [-0.39, 0.29) is 5.54 Å². The van der Waals surface area contributed by atoms with Crippen LogP contribution in [0.25, 0.3) is 0 Å². The third-order valence-corrected chi connectivity index (χ3v) is 4.08. The molecule has 1 unspecified atom stereocenters. The fourth-order valence-electron chi connectivity index (χ4n) is 2.74. The second-order valence-electron chi connectivity index (χ2n) is 5.87. The molecule has 0 aliphatic rings. The summed E-state index contributed by atoms with van der Waals surface area (Å²) < 4.78 is 1.87. The van der Waals surface area contributed by atoms with Gasteiger partial charge in [0.2, 0.25) is 0 Å². The maximum atomic E-state index is 11.3. The van der Waals surface area contributed by atoms with Crippen LogP contribution in [-0.4, -0.2) is 20.6 Å². The van der Waals surface area contributed by atoms with Crippen molar-refractivity contribution < 1.29 is 9.90 Å². The van der Waals surface area contributed by atoms with E-state index in [1.54, 1.807) is 6.33 Å². The lowest BCUT2D eigenvalue weighted by atomic mass is 9.88. The molecular weight excluding hydrogens is 252 g/mol. The van der Waals surface area contributed by atoms with Crippen LogP contribution >= 0.6 is 0 Å². The predicted octanol–water partition coefficient (Wildman–Crippen LogP) is 4.46. The number of aromatic nitrogens is 2. The third kappa shape index (κ3) is 4.36. The minimum Gasteiger partial charge on any atom is -0.477 e. The fourth-order valence-corrected chi connectivity index (χ4v) is 2.74. The average Bonchev–Trinajstić information content (AvgIpc) is 2.92. The number of imidazole rings is 1. The van der Waals surface area contributed by atoms with Crippen LogP contribution in [0.15, 0.2) is 12.5 Å². The first-order valence-corrected chi connectivity index (χ1v) is 7.81. The quantitative estimate of drug-likeness (QED) is 0.644. The van der Waals surface area contributed by atoms with Crippen molar-refractivity contribution in [3.63, 3.8) is 0 Å². The van der Waals surface area contributed by atoms with Gasteiger partial charge in [-0.3, -0.25) is 0 Å². The van der Waals surface area contributed by atoms with E-state index in [9.17, 15) is 9.90 Å². The van der Waals surface area contributed by atoms with Gasteiger partial charge in [0.05, 0.1) is 12.5 Å². The summed E-state index contributed by atoms with van der Waals surface area (Å²) in [5.74, 6) is -0.890. The van der Waals surface area contributed by atoms with Crippen molar-refractivity contribution in [2.24, 2.45) is 0 Å². The standard InChI is InChI=1S/C16H28N2O2/c1-4-6-8-9-11-16(3,10-7-5-2)18-13-17-12-14(18)15(19)20/h12-13H,4-11H2,1-3H3,(H,19,20). The Morgan fingerprint density at radius 1 is 1.20 bits per heavy atom. The molecule has 0 radical (unpaired) electrons. The number of carbonyl (C=O) groups is 1. The normalized spacial score (nSPS) is 14.2. The second kappa shape index (κ2) is 8.08. The van der Waals surface area contributed by atoms with Gasteiger partial charge in [-0.05, 0) is 19.8 Å². The van der Waals surface area contributed by atoms with Gasteiger partial charge in [-0.2, -0.15) is 0 Å². The Kier molecular flexibility index (Phi) is 6.76. The van der Waals surface area contributed by atoms with Crippen LogP contribution in [0.5, 0.6) is 0 Å². The monoisotopic (exact) mass is 280 g/mol. The van der Waals surface area contributed by atoms with Crippen LogP contribution in [0, 0.1) is 0 Å². The summed E-state index contributed by atoms with van der Waals surface area (Å²) in [6.07, 6.45) is 12.2. The van der Waals surface area contributed by atoms with Crippen LogP contribution in [0.1, 0.15) is 82.6 Å². The van der Waals surface area contributed by atoms with Gasteiger partial charge in [0, 0.05) is 5.54 Å². The van der Waals surface area contributed by atoms with Gasteiger partial charge < -0.3 is 9.67 Å². The number of nitrogens with zero attached hydrogens (tertiary/aromatic N) is 2. The number of hydrogen-bond donors (Lipinski definition) is 1. The smallest absolute Gasteiger partial charge is 0.354 e. The molecular formula is C16H28N2O2. The van der Waals surface area contributed by atoms with E-state index in [1.807, 2.05) is 4.57 Å². The first-order valence-electron chi connectivity index (χ1n) is 7.81. The highest BCUT2D eigenvalue weighted by Crippen LogP contribution is 2.31. The van der Waals surface area contributed by atoms with Crippen molar-refractivity contribution in [1.29, 1.82) is 0 Å². The zero-order chi connectivity index (χ0) is 15.0. The van der Waals surface area contributed by atoms with E-state index >= 15 is 0 Å². The molecule has 4 nitrogen and oxygen atoms in total. The molecule has 0 spiro atoms. The van der Waals surface area contributed by atoms with Crippen molar-refractivity contribution in [3.8, 4) is 0 Å². The van der Waals surface area contributed by atoms with Gasteiger partial charge in [0.15, 0.2) is 0 Å². The molecule has 1 atom stereocenters. The molecule has 20 heavy (non-hydrogen) atoms. The Balaban J connectivity index is 2.85. The maximum Gasteiger partial charge on any atom is 0.354 e. The van der Waals surface area contributed by atoms with Gasteiger partial charge in [-0.1, -0.05) is 52.4 Å². The van der Waals surface area contributed by atoms with E-state index in [4.69, 9.17) is 0 Å². The molecule has 0 saturated heterocycles. The van der Waals surface area contributed by atoms with Crippen LogP contribution in [0.3, 0.4) is 0 Å². The van der Waals surface area contributed by atoms with Crippen LogP contribution in [0.4, 0.5) is 0 Å².